The molecule has 0 aromatic carbocycles. The third-order valence-electron chi connectivity index (χ3n) is 1.97. The maximum absolute atomic E-state index is 5.54. The summed E-state index contributed by atoms with van der Waals surface area (Å²) in [5, 5.41) is 0. The van der Waals surface area contributed by atoms with Crippen LogP contribution in [0.3, 0.4) is 0 Å². The van der Waals surface area contributed by atoms with Crippen molar-refractivity contribution < 1.29 is 4.74 Å². The van der Waals surface area contributed by atoms with Gasteiger partial charge in [0.25, 0.3) is 0 Å². The van der Waals surface area contributed by atoms with Crippen LogP contribution in [0.1, 0.15) is 32.5 Å². The fourth-order valence-electron chi connectivity index (χ4n) is 1.18. The molecule has 0 bridgehead atoms. The smallest absolute Gasteiger partial charge is 0.217 e. The van der Waals surface area contributed by atoms with Crippen molar-refractivity contribution in [1.29, 1.82) is 0 Å². The fraction of sp³-hybridized carbons (Fsp3) is 0.500. The van der Waals surface area contributed by atoms with Crippen LogP contribution in [0, 0.1) is 0 Å². The quantitative estimate of drug-likeness (QED) is 0.592. The number of nitrogens with zero attached hydrogens (tertiary/aromatic N) is 2. The van der Waals surface area contributed by atoms with Crippen LogP contribution in [-0.4, -0.2) is 16.6 Å². The van der Waals surface area contributed by atoms with Crippen molar-refractivity contribution in [3.63, 3.8) is 0 Å². The summed E-state index contributed by atoms with van der Waals surface area (Å²) >= 11 is 3.36. The lowest BCUT2D eigenvalue weighted by atomic mass is 10.3. The third-order valence-corrected chi connectivity index (χ3v) is 2.38. The molecule has 1 heterocycles. The molecular formula is C12H17BrN2O. The van der Waals surface area contributed by atoms with E-state index in [2.05, 4.69) is 39.4 Å². The molecule has 0 fully saturated rings. The Labute approximate surface area is 105 Å². The van der Waals surface area contributed by atoms with Crippen molar-refractivity contribution >= 4 is 15.9 Å². The molecule has 0 aliphatic heterocycles. The van der Waals surface area contributed by atoms with Crippen LogP contribution in [-0.2, 0) is 6.42 Å². The van der Waals surface area contributed by atoms with Crippen molar-refractivity contribution in [2.45, 2.75) is 33.1 Å². The minimum Gasteiger partial charge on any atom is -0.477 e. The second kappa shape index (κ2) is 6.63. The van der Waals surface area contributed by atoms with Gasteiger partial charge in [-0.1, -0.05) is 12.5 Å². The molecule has 0 aliphatic rings. The van der Waals surface area contributed by atoms with Gasteiger partial charge in [0, 0.05) is 18.9 Å². The Balaban J connectivity index is 2.61. The van der Waals surface area contributed by atoms with Crippen molar-refractivity contribution in [3.8, 4) is 5.88 Å². The average molecular weight is 285 g/mol. The first-order chi connectivity index (χ1) is 7.61. The van der Waals surface area contributed by atoms with Gasteiger partial charge < -0.3 is 4.74 Å². The largest absolute Gasteiger partial charge is 0.477 e. The molecule has 0 aliphatic carbocycles. The third kappa shape index (κ3) is 4.75. The molecule has 0 saturated carbocycles. The maximum atomic E-state index is 5.54. The Morgan fingerprint density at radius 2 is 2.25 bits per heavy atom. The van der Waals surface area contributed by atoms with Crippen LogP contribution in [0.5, 0.6) is 5.88 Å². The minimum atomic E-state index is 0.615. The molecule has 0 spiro atoms. The van der Waals surface area contributed by atoms with Crippen molar-refractivity contribution in [2.24, 2.45) is 0 Å². The highest BCUT2D eigenvalue weighted by Gasteiger charge is 2.03. The number of aromatic nitrogens is 2. The molecule has 16 heavy (non-hydrogen) atoms. The van der Waals surface area contributed by atoms with Gasteiger partial charge in [-0.05, 0) is 29.3 Å². The monoisotopic (exact) mass is 284 g/mol. The van der Waals surface area contributed by atoms with E-state index in [1.165, 1.54) is 0 Å². The van der Waals surface area contributed by atoms with Gasteiger partial charge in [-0.3, -0.25) is 0 Å². The van der Waals surface area contributed by atoms with Gasteiger partial charge in [0.2, 0.25) is 5.88 Å². The molecule has 1 aromatic rings. The van der Waals surface area contributed by atoms with E-state index in [4.69, 9.17) is 4.74 Å². The number of hydrogen-bond donors (Lipinski definition) is 0. The minimum absolute atomic E-state index is 0.615. The summed E-state index contributed by atoms with van der Waals surface area (Å²) in [5.41, 5.74) is 1.11. The molecule has 0 saturated heterocycles. The van der Waals surface area contributed by atoms with Crippen molar-refractivity contribution in [3.05, 3.63) is 28.6 Å². The SMILES string of the molecule is C=C(C)CCOc1cc(Br)nc(CCC)n1. The molecule has 0 amide bonds. The molecule has 0 unspecified atom stereocenters. The van der Waals surface area contributed by atoms with Gasteiger partial charge in [0.05, 0.1) is 6.61 Å². The standard InChI is InChI=1S/C12H17BrN2O/c1-4-5-11-14-10(13)8-12(15-11)16-7-6-9(2)3/h8H,2,4-7H2,1,3H3. The predicted molar refractivity (Wildman–Crippen MR) is 68.7 cm³/mol. The molecule has 4 heteroatoms. The van der Waals surface area contributed by atoms with E-state index in [0.717, 1.165) is 35.3 Å². The van der Waals surface area contributed by atoms with Crippen LogP contribution in [0.4, 0.5) is 0 Å². The Morgan fingerprint density at radius 3 is 2.88 bits per heavy atom. The second-order valence-corrected chi connectivity index (χ2v) is 4.56. The van der Waals surface area contributed by atoms with Gasteiger partial charge in [-0.15, -0.1) is 6.58 Å². The van der Waals surface area contributed by atoms with E-state index in [1.54, 1.807) is 6.07 Å². The summed E-state index contributed by atoms with van der Waals surface area (Å²) in [6.07, 6.45) is 2.75. The van der Waals surface area contributed by atoms with Crippen LogP contribution in [0.25, 0.3) is 0 Å². The summed E-state index contributed by atoms with van der Waals surface area (Å²) in [4.78, 5) is 8.60. The highest BCUT2D eigenvalue weighted by atomic mass is 79.9. The Kier molecular flexibility index (Phi) is 5.46. The summed E-state index contributed by atoms with van der Waals surface area (Å²) < 4.78 is 6.32. The molecule has 1 rings (SSSR count). The van der Waals surface area contributed by atoms with Crippen LogP contribution in [0.2, 0.25) is 0 Å². The van der Waals surface area contributed by atoms with Gasteiger partial charge in [-0.2, -0.15) is 4.98 Å². The van der Waals surface area contributed by atoms with E-state index >= 15 is 0 Å². The molecule has 0 atom stereocenters. The van der Waals surface area contributed by atoms with E-state index in [1.807, 2.05) is 6.92 Å². The fourth-order valence-corrected chi connectivity index (χ4v) is 1.58. The summed E-state index contributed by atoms with van der Waals surface area (Å²) in [6, 6.07) is 1.79. The van der Waals surface area contributed by atoms with E-state index in [9.17, 15) is 0 Å². The zero-order chi connectivity index (χ0) is 12.0. The zero-order valence-electron chi connectivity index (χ0n) is 9.79. The van der Waals surface area contributed by atoms with Gasteiger partial charge in [0.1, 0.15) is 10.4 Å². The van der Waals surface area contributed by atoms with E-state index in [-0.39, 0.29) is 0 Å². The Bertz CT molecular complexity index is 366. The number of aryl methyl sites for hydroxylation is 1. The number of halogens is 1. The van der Waals surface area contributed by atoms with Gasteiger partial charge in [0.15, 0.2) is 0 Å². The first kappa shape index (κ1) is 13.2. The summed E-state index contributed by atoms with van der Waals surface area (Å²) in [5.74, 6) is 1.45. The average Bonchev–Trinajstić information content (AvgIpc) is 2.16. The molecule has 3 nitrogen and oxygen atoms in total. The topological polar surface area (TPSA) is 35.0 Å². The predicted octanol–water partition coefficient (Wildman–Crippen LogP) is 3.54. The lowest BCUT2D eigenvalue weighted by Gasteiger charge is -2.07. The lowest BCUT2D eigenvalue weighted by molar-refractivity contribution is 0.307. The van der Waals surface area contributed by atoms with E-state index < -0.39 is 0 Å². The van der Waals surface area contributed by atoms with Crippen molar-refractivity contribution in [1.82, 2.24) is 9.97 Å². The van der Waals surface area contributed by atoms with Crippen molar-refractivity contribution in [2.75, 3.05) is 6.61 Å². The first-order valence-electron chi connectivity index (χ1n) is 5.42. The molecule has 0 N–H and O–H groups in total. The highest BCUT2D eigenvalue weighted by Crippen LogP contribution is 2.15. The second-order valence-electron chi connectivity index (χ2n) is 3.75. The number of rotatable bonds is 6. The van der Waals surface area contributed by atoms with Gasteiger partial charge >= 0.3 is 0 Å². The summed E-state index contributed by atoms with van der Waals surface area (Å²) in [7, 11) is 0. The number of hydrogen-bond acceptors (Lipinski definition) is 3. The van der Waals surface area contributed by atoms with E-state index in [0.29, 0.717) is 12.5 Å². The van der Waals surface area contributed by atoms with Gasteiger partial charge in [-0.25, -0.2) is 4.98 Å². The van der Waals surface area contributed by atoms with Crippen LogP contribution < -0.4 is 4.74 Å². The molecular weight excluding hydrogens is 268 g/mol. The molecule has 0 radical (unpaired) electrons. The Morgan fingerprint density at radius 1 is 1.50 bits per heavy atom. The highest BCUT2D eigenvalue weighted by molar-refractivity contribution is 9.10. The Hall–Kier alpha value is -0.900. The van der Waals surface area contributed by atoms with Crippen LogP contribution >= 0.6 is 15.9 Å². The molecule has 1 aromatic heterocycles. The molecule has 88 valence electrons. The lowest BCUT2D eigenvalue weighted by Crippen LogP contribution is -2.03. The zero-order valence-corrected chi connectivity index (χ0v) is 11.4. The van der Waals surface area contributed by atoms with Crippen LogP contribution in [0.15, 0.2) is 22.8 Å². The normalized spacial score (nSPS) is 10.2. The summed E-state index contributed by atoms with van der Waals surface area (Å²) in [6.45, 7) is 8.54. The number of ether oxygens (including phenoxy) is 1. The maximum Gasteiger partial charge on any atom is 0.217 e. The first-order valence-corrected chi connectivity index (χ1v) is 6.21.